The van der Waals surface area contributed by atoms with Crippen LogP contribution in [0.4, 0.5) is 0 Å². The van der Waals surface area contributed by atoms with Gasteiger partial charge in [-0.3, -0.25) is 4.99 Å². The predicted molar refractivity (Wildman–Crippen MR) is 38.3 cm³/mol. The number of carboxylic acids is 1. The van der Waals surface area contributed by atoms with Gasteiger partial charge >= 0.3 is 5.97 Å². The molecule has 54 valence electrons. The molecular weight excluding hydrogens is 130 g/mol. The van der Waals surface area contributed by atoms with E-state index in [2.05, 4.69) is 4.99 Å². The Balaban J connectivity index is 2.88. The minimum absolute atomic E-state index is 0.144. The molecule has 0 atom stereocenters. The van der Waals surface area contributed by atoms with Crippen LogP contribution in [0, 0.1) is 0 Å². The molecule has 0 unspecified atom stereocenters. The molecule has 0 aromatic heterocycles. The SMILES string of the molecule is CC1(C)C=CC(C(=O)O)=N1. The molecule has 1 aliphatic heterocycles. The second kappa shape index (κ2) is 1.94. The Kier molecular flexibility index (Phi) is 1.35. The third-order valence-corrected chi connectivity index (χ3v) is 1.28. The minimum atomic E-state index is -0.957. The van der Waals surface area contributed by atoms with Gasteiger partial charge in [0.15, 0.2) is 0 Å². The van der Waals surface area contributed by atoms with E-state index in [1.165, 1.54) is 6.08 Å². The number of aliphatic imine (C=N–C) groups is 1. The van der Waals surface area contributed by atoms with Crippen molar-refractivity contribution in [3.8, 4) is 0 Å². The lowest BCUT2D eigenvalue weighted by Gasteiger charge is -2.07. The van der Waals surface area contributed by atoms with E-state index in [-0.39, 0.29) is 11.3 Å². The molecule has 1 aliphatic rings. The summed E-state index contributed by atoms with van der Waals surface area (Å²) in [6, 6.07) is 0. The second-order valence-electron chi connectivity index (χ2n) is 2.79. The summed E-state index contributed by atoms with van der Waals surface area (Å²) in [4.78, 5) is 14.2. The zero-order valence-corrected chi connectivity index (χ0v) is 5.96. The Labute approximate surface area is 59.1 Å². The van der Waals surface area contributed by atoms with Crippen LogP contribution in [-0.2, 0) is 4.79 Å². The van der Waals surface area contributed by atoms with Crippen LogP contribution in [0.3, 0.4) is 0 Å². The summed E-state index contributed by atoms with van der Waals surface area (Å²) < 4.78 is 0. The molecule has 10 heavy (non-hydrogen) atoms. The van der Waals surface area contributed by atoms with Gasteiger partial charge in [-0.25, -0.2) is 4.79 Å². The predicted octanol–water partition coefficient (Wildman–Crippen LogP) is 0.860. The van der Waals surface area contributed by atoms with Gasteiger partial charge in [-0.2, -0.15) is 0 Å². The number of aliphatic carboxylic acids is 1. The number of hydrogen-bond acceptors (Lipinski definition) is 2. The van der Waals surface area contributed by atoms with E-state index >= 15 is 0 Å². The van der Waals surface area contributed by atoms with Crippen molar-refractivity contribution in [1.82, 2.24) is 0 Å². The van der Waals surface area contributed by atoms with Crippen LogP contribution in [0.2, 0.25) is 0 Å². The van der Waals surface area contributed by atoms with E-state index < -0.39 is 5.97 Å². The molecule has 0 radical (unpaired) electrons. The summed E-state index contributed by atoms with van der Waals surface area (Å²) in [5, 5.41) is 8.46. The lowest BCUT2D eigenvalue weighted by Crippen LogP contribution is -2.13. The van der Waals surface area contributed by atoms with E-state index in [0.717, 1.165) is 0 Å². The van der Waals surface area contributed by atoms with Gasteiger partial charge in [0.2, 0.25) is 0 Å². The molecule has 3 nitrogen and oxygen atoms in total. The van der Waals surface area contributed by atoms with Crippen LogP contribution in [0.15, 0.2) is 17.1 Å². The van der Waals surface area contributed by atoms with Gasteiger partial charge in [0.1, 0.15) is 5.71 Å². The van der Waals surface area contributed by atoms with Crippen molar-refractivity contribution in [2.75, 3.05) is 0 Å². The third kappa shape index (κ3) is 1.23. The highest BCUT2D eigenvalue weighted by atomic mass is 16.4. The maximum atomic E-state index is 10.3. The number of carbonyl (C=O) groups is 1. The molecule has 0 saturated heterocycles. The first-order valence-corrected chi connectivity index (χ1v) is 3.04. The fourth-order valence-corrected chi connectivity index (χ4v) is 0.787. The monoisotopic (exact) mass is 139 g/mol. The molecule has 0 spiro atoms. The smallest absolute Gasteiger partial charge is 0.354 e. The maximum absolute atomic E-state index is 10.3. The summed E-state index contributed by atoms with van der Waals surface area (Å²) in [5.41, 5.74) is -0.182. The number of hydrogen-bond donors (Lipinski definition) is 1. The molecule has 1 rings (SSSR count). The zero-order chi connectivity index (χ0) is 7.78. The number of carboxylic acid groups (broad SMARTS) is 1. The van der Waals surface area contributed by atoms with Crippen LogP contribution in [-0.4, -0.2) is 22.3 Å². The normalized spacial score (nSPS) is 20.8. The van der Waals surface area contributed by atoms with Gasteiger partial charge in [-0.1, -0.05) is 6.08 Å². The third-order valence-electron chi connectivity index (χ3n) is 1.28. The zero-order valence-electron chi connectivity index (χ0n) is 5.96. The van der Waals surface area contributed by atoms with Gasteiger partial charge in [-0.15, -0.1) is 0 Å². The molecule has 1 heterocycles. The van der Waals surface area contributed by atoms with Crippen molar-refractivity contribution in [1.29, 1.82) is 0 Å². The average Bonchev–Trinajstić information content (AvgIpc) is 2.10. The molecule has 0 aromatic rings. The first-order chi connectivity index (χ1) is 4.51. The minimum Gasteiger partial charge on any atom is -0.477 e. The van der Waals surface area contributed by atoms with Crippen LogP contribution in [0.5, 0.6) is 0 Å². The molecule has 0 aromatic carbocycles. The Morgan fingerprint density at radius 1 is 1.70 bits per heavy atom. The van der Waals surface area contributed by atoms with Gasteiger partial charge in [0.05, 0.1) is 5.54 Å². The van der Waals surface area contributed by atoms with Gasteiger partial charge < -0.3 is 5.11 Å². The van der Waals surface area contributed by atoms with Crippen molar-refractivity contribution in [3.05, 3.63) is 12.2 Å². The molecule has 0 amide bonds. The second-order valence-corrected chi connectivity index (χ2v) is 2.79. The van der Waals surface area contributed by atoms with Crippen LogP contribution < -0.4 is 0 Å². The van der Waals surface area contributed by atoms with Crippen molar-refractivity contribution in [2.24, 2.45) is 4.99 Å². The number of rotatable bonds is 1. The Bertz CT molecular complexity index is 226. The lowest BCUT2D eigenvalue weighted by atomic mass is 10.1. The van der Waals surface area contributed by atoms with Gasteiger partial charge in [0, 0.05) is 0 Å². The average molecular weight is 139 g/mol. The van der Waals surface area contributed by atoms with Crippen molar-refractivity contribution >= 4 is 11.7 Å². The van der Waals surface area contributed by atoms with Crippen LogP contribution >= 0.6 is 0 Å². The first kappa shape index (κ1) is 6.99. The molecule has 0 saturated carbocycles. The van der Waals surface area contributed by atoms with Crippen molar-refractivity contribution in [3.63, 3.8) is 0 Å². The van der Waals surface area contributed by atoms with Crippen LogP contribution in [0.25, 0.3) is 0 Å². The summed E-state index contributed by atoms with van der Waals surface area (Å²) in [5.74, 6) is -0.957. The van der Waals surface area contributed by atoms with Crippen molar-refractivity contribution in [2.45, 2.75) is 19.4 Å². The highest BCUT2D eigenvalue weighted by molar-refractivity contribution is 6.41. The molecular formula is C7H9NO2. The van der Waals surface area contributed by atoms with Gasteiger partial charge in [-0.05, 0) is 19.9 Å². The van der Waals surface area contributed by atoms with E-state index in [4.69, 9.17) is 5.11 Å². The van der Waals surface area contributed by atoms with E-state index in [0.29, 0.717) is 0 Å². The first-order valence-electron chi connectivity index (χ1n) is 3.04. The van der Waals surface area contributed by atoms with E-state index in [9.17, 15) is 4.79 Å². The largest absolute Gasteiger partial charge is 0.477 e. The fourth-order valence-electron chi connectivity index (χ4n) is 0.787. The Hall–Kier alpha value is -1.12. The van der Waals surface area contributed by atoms with Crippen molar-refractivity contribution < 1.29 is 9.90 Å². The molecule has 0 bridgehead atoms. The summed E-state index contributed by atoms with van der Waals surface area (Å²) in [6.45, 7) is 3.72. The standard InChI is InChI=1S/C7H9NO2/c1-7(2)4-3-5(8-7)6(9)10/h3-4H,1-2H3,(H,9,10). The van der Waals surface area contributed by atoms with Gasteiger partial charge in [0.25, 0.3) is 0 Å². The summed E-state index contributed by atoms with van der Waals surface area (Å²) >= 11 is 0. The summed E-state index contributed by atoms with van der Waals surface area (Å²) in [7, 11) is 0. The highest BCUT2D eigenvalue weighted by Gasteiger charge is 2.21. The number of nitrogens with zero attached hydrogens (tertiary/aromatic N) is 1. The summed E-state index contributed by atoms with van der Waals surface area (Å²) in [6.07, 6.45) is 3.30. The fraction of sp³-hybridized carbons (Fsp3) is 0.429. The lowest BCUT2D eigenvalue weighted by molar-refractivity contribution is -0.129. The Morgan fingerprint density at radius 3 is 2.50 bits per heavy atom. The van der Waals surface area contributed by atoms with Crippen LogP contribution in [0.1, 0.15) is 13.8 Å². The van der Waals surface area contributed by atoms with E-state index in [1.54, 1.807) is 6.08 Å². The van der Waals surface area contributed by atoms with E-state index in [1.807, 2.05) is 13.8 Å². The maximum Gasteiger partial charge on any atom is 0.354 e. The highest BCUT2D eigenvalue weighted by Crippen LogP contribution is 2.16. The molecule has 0 aliphatic carbocycles. The molecule has 0 fully saturated rings. The molecule has 1 N–H and O–H groups in total. The topological polar surface area (TPSA) is 49.7 Å². The quantitative estimate of drug-likeness (QED) is 0.585. The molecule has 3 heteroatoms. The Morgan fingerprint density at radius 2 is 2.30 bits per heavy atom.